The summed E-state index contributed by atoms with van der Waals surface area (Å²) in [6.07, 6.45) is -1.15. The molecule has 0 spiro atoms. The number of aliphatic carboxylic acids is 3. The van der Waals surface area contributed by atoms with Gasteiger partial charge in [-0.25, -0.2) is 4.79 Å². The third-order valence-electron chi connectivity index (χ3n) is 2.07. The minimum atomic E-state index is -2.80. The lowest BCUT2D eigenvalue weighted by Crippen LogP contribution is -2.52. The maximum atomic E-state index is 11.0. The largest absolute Gasteiger partial charge is 0.481 e. The van der Waals surface area contributed by atoms with E-state index in [9.17, 15) is 19.5 Å². The van der Waals surface area contributed by atoms with Crippen molar-refractivity contribution >= 4 is 46.3 Å². The molecule has 0 aromatic carbocycles. The normalized spacial score (nSPS) is 21.4. The van der Waals surface area contributed by atoms with Crippen LogP contribution in [0.5, 0.6) is 0 Å². The molecule has 0 saturated carbocycles. The number of rotatable bonds is 6. The maximum Gasteiger partial charge on any atom is 0.337 e. The second-order valence-electron chi connectivity index (χ2n) is 3.22. The highest BCUT2D eigenvalue weighted by molar-refractivity contribution is 8.38. The van der Waals surface area contributed by atoms with Gasteiger partial charge in [0.15, 0.2) is 5.60 Å². The van der Waals surface area contributed by atoms with Crippen LogP contribution >= 0.6 is 23.3 Å². The monoisotopic (exact) mass is 296 g/mol. The third-order valence-corrected chi connectivity index (χ3v) is 8.16. The van der Waals surface area contributed by atoms with Gasteiger partial charge in [-0.2, -0.15) is 0 Å². The molecule has 0 radical (unpaired) electrons. The summed E-state index contributed by atoms with van der Waals surface area (Å²) >= 11 is 0. The van der Waals surface area contributed by atoms with Crippen LogP contribution in [0, 0.1) is 5.92 Å². The predicted molar refractivity (Wildman–Crippen MR) is 61.7 cm³/mol. The number of hydrogen-bond acceptors (Lipinski definition) is 4. The van der Waals surface area contributed by atoms with E-state index in [1.807, 2.05) is 0 Å². The molecule has 0 aromatic rings. The Morgan fingerprint density at radius 2 is 1.76 bits per heavy atom. The van der Waals surface area contributed by atoms with E-state index in [0.717, 1.165) is 7.56 Å². The highest BCUT2D eigenvalue weighted by Crippen LogP contribution is 2.49. The van der Waals surface area contributed by atoms with Crippen LogP contribution in [0.1, 0.15) is 6.42 Å². The van der Waals surface area contributed by atoms with E-state index in [0.29, 0.717) is 20.8 Å². The van der Waals surface area contributed by atoms with Crippen molar-refractivity contribution in [3.05, 3.63) is 0 Å². The zero-order chi connectivity index (χ0) is 13.2. The molecule has 92 valence electrons. The number of carbonyl (C=O) groups is 3. The van der Waals surface area contributed by atoms with Crippen LogP contribution in [0.2, 0.25) is 0 Å². The molecule has 7 nitrogen and oxygen atoms in total. The Bertz CT molecular complexity index is 443. The first-order valence-corrected chi connectivity index (χ1v) is 8.27. The van der Waals surface area contributed by atoms with Gasteiger partial charge in [0.2, 0.25) is 0 Å². The van der Waals surface area contributed by atoms with Gasteiger partial charge in [-0.3, -0.25) is 9.59 Å². The number of carboxylic acid groups (broad SMARTS) is 3. The Labute approximate surface area is 99.6 Å². The van der Waals surface area contributed by atoms with Gasteiger partial charge in [0.1, 0.15) is 5.92 Å². The predicted octanol–water partition coefficient (Wildman–Crippen LogP) is 0.790. The van der Waals surface area contributed by atoms with Gasteiger partial charge in [-0.15, -0.1) is 0 Å². The lowest BCUT2D eigenvalue weighted by atomic mass is 9.85. The lowest BCUT2D eigenvalue weighted by molar-refractivity contribution is -0.174. The minimum absolute atomic E-state index is 0.310. The molecule has 2 unspecified atom stereocenters. The van der Waals surface area contributed by atoms with Crippen LogP contribution in [-0.4, -0.2) is 49.0 Å². The molecule has 1 heterocycles. The summed E-state index contributed by atoms with van der Waals surface area (Å²) in [6, 6.07) is 0. The Kier molecular flexibility index (Phi) is 4.34. The fraction of sp³-hybridized carbons (Fsp3) is 0.429. The van der Waals surface area contributed by atoms with E-state index < -0.39 is 35.8 Å². The van der Waals surface area contributed by atoms with Crippen LogP contribution < -0.4 is 0 Å². The Balaban J connectivity index is 3.13. The van der Waals surface area contributed by atoms with E-state index in [4.69, 9.17) is 15.3 Å². The van der Waals surface area contributed by atoms with Crippen molar-refractivity contribution in [3.63, 3.8) is 0 Å². The molecule has 0 amide bonds. The third kappa shape index (κ3) is 2.88. The summed E-state index contributed by atoms with van der Waals surface area (Å²) < 4.78 is 0. The van der Waals surface area contributed by atoms with Crippen molar-refractivity contribution in [3.8, 4) is 0 Å². The Morgan fingerprint density at radius 3 is 2.00 bits per heavy atom. The van der Waals surface area contributed by atoms with Gasteiger partial charge in [0, 0.05) is 5.03 Å². The van der Waals surface area contributed by atoms with Crippen molar-refractivity contribution in [2.45, 2.75) is 12.0 Å². The SMILES string of the molecule is O=C(O)CC(O)(C(=O)O)C(C(=O)O)C1=PP=P1. The minimum Gasteiger partial charge on any atom is -0.481 e. The van der Waals surface area contributed by atoms with Gasteiger partial charge in [-0.05, 0) is 23.3 Å². The second-order valence-corrected chi connectivity index (χ2v) is 8.46. The molecule has 1 aliphatic heterocycles. The number of carboxylic acids is 3. The highest BCUT2D eigenvalue weighted by Gasteiger charge is 2.52. The van der Waals surface area contributed by atoms with Gasteiger partial charge in [0.25, 0.3) is 0 Å². The Morgan fingerprint density at radius 1 is 1.24 bits per heavy atom. The van der Waals surface area contributed by atoms with Crippen LogP contribution in [0.3, 0.4) is 0 Å². The van der Waals surface area contributed by atoms with Crippen molar-refractivity contribution < 1.29 is 34.8 Å². The molecular weight excluding hydrogens is 289 g/mol. The van der Waals surface area contributed by atoms with Crippen molar-refractivity contribution in [2.24, 2.45) is 5.92 Å². The van der Waals surface area contributed by atoms with Crippen molar-refractivity contribution in [1.82, 2.24) is 0 Å². The average molecular weight is 296 g/mol. The highest BCUT2D eigenvalue weighted by atomic mass is 32.2. The summed E-state index contributed by atoms with van der Waals surface area (Å²) in [6.45, 7) is 0. The molecule has 0 aromatic heterocycles. The molecule has 1 aliphatic rings. The smallest absolute Gasteiger partial charge is 0.337 e. The second kappa shape index (κ2) is 5.19. The first kappa shape index (κ1) is 14.2. The molecule has 4 N–H and O–H groups in total. The molecule has 0 bridgehead atoms. The summed E-state index contributed by atoms with van der Waals surface area (Å²) in [4.78, 5) is 32.5. The molecule has 1 rings (SSSR count). The van der Waals surface area contributed by atoms with Crippen LogP contribution in [0.25, 0.3) is 0 Å². The molecule has 10 heteroatoms. The summed E-state index contributed by atoms with van der Waals surface area (Å²) in [5, 5.41) is 36.5. The summed E-state index contributed by atoms with van der Waals surface area (Å²) in [7, 11) is 2.11. The average Bonchev–Trinajstić information content (AvgIpc) is 2.08. The van der Waals surface area contributed by atoms with E-state index in [-0.39, 0.29) is 0 Å². The van der Waals surface area contributed by atoms with Crippen LogP contribution in [0.15, 0.2) is 0 Å². The quantitative estimate of drug-likeness (QED) is 0.532. The fourth-order valence-corrected chi connectivity index (χ4v) is 5.35. The summed E-state index contributed by atoms with van der Waals surface area (Å²) in [5.41, 5.74) is -2.80. The fourth-order valence-electron chi connectivity index (χ4n) is 1.27. The van der Waals surface area contributed by atoms with Crippen LogP contribution in [0.4, 0.5) is 0 Å². The molecule has 17 heavy (non-hydrogen) atoms. The molecule has 0 saturated heterocycles. The summed E-state index contributed by atoms with van der Waals surface area (Å²) in [5.74, 6) is -6.62. The van der Waals surface area contributed by atoms with Gasteiger partial charge in [0.05, 0.1) is 6.42 Å². The van der Waals surface area contributed by atoms with Gasteiger partial charge in [-0.1, -0.05) is 0 Å². The van der Waals surface area contributed by atoms with Crippen molar-refractivity contribution in [1.29, 1.82) is 0 Å². The van der Waals surface area contributed by atoms with Gasteiger partial charge >= 0.3 is 17.9 Å². The van der Waals surface area contributed by atoms with E-state index in [1.54, 1.807) is 0 Å². The lowest BCUT2D eigenvalue weighted by Gasteiger charge is -2.29. The maximum absolute atomic E-state index is 11.0. The molecular formula is C7H7O7P3. The van der Waals surface area contributed by atoms with Crippen molar-refractivity contribution in [2.75, 3.05) is 0 Å². The standard InChI is InChI=1S/C7H7O7P3/c8-2(9)1-7(14,6(12)13)3(4(10)11)5-15-17-16-5/h3,14H,1H2,(H,8,9)(H,10,11)(H,12,13). The van der Waals surface area contributed by atoms with E-state index in [1.165, 1.54) is 0 Å². The molecule has 0 aliphatic carbocycles. The van der Waals surface area contributed by atoms with Gasteiger partial charge < -0.3 is 20.4 Å². The topological polar surface area (TPSA) is 132 Å². The zero-order valence-corrected chi connectivity index (χ0v) is 10.8. The number of hydrogen-bond donors (Lipinski definition) is 4. The number of aliphatic hydroxyl groups is 1. The van der Waals surface area contributed by atoms with Crippen LogP contribution in [-0.2, 0) is 14.4 Å². The van der Waals surface area contributed by atoms with E-state index in [2.05, 4.69) is 0 Å². The Hall–Kier alpha value is -0.860. The molecule has 2 atom stereocenters. The first-order chi connectivity index (χ1) is 7.79. The van der Waals surface area contributed by atoms with E-state index >= 15 is 0 Å². The zero-order valence-electron chi connectivity index (χ0n) is 8.14. The first-order valence-electron chi connectivity index (χ1n) is 4.18. The molecule has 0 fully saturated rings.